The minimum absolute atomic E-state index is 0.168. The maximum absolute atomic E-state index is 12.4. The zero-order valence-electron chi connectivity index (χ0n) is 14.5. The van der Waals surface area contributed by atoms with Gasteiger partial charge in [-0.25, -0.2) is 14.3 Å². The molecule has 0 fully saturated rings. The quantitative estimate of drug-likeness (QED) is 0.496. The van der Waals surface area contributed by atoms with Gasteiger partial charge in [-0.05, 0) is 24.3 Å². The number of benzene rings is 1. The molecule has 0 unspecified atom stereocenters. The van der Waals surface area contributed by atoms with Crippen LogP contribution >= 0.6 is 34.5 Å². The summed E-state index contributed by atoms with van der Waals surface area (Å²) >= 11 is 13.2. The largest absolute Gasteiger partial charge is 0.442 e. The van der Waals surface area contributed by atoms with Crippen molar-refractivity contribution in [3.63, 3.8) is 0 Å². The van der Waals surface area contributed by atoms with Crippen molar-refractivity contribution >= 4 is 45.6 Å². The molecule has 3 heterocycles. The first-order valence-electron chi connectivity index (χ1n) is 8.20. The molecule has 0 saturated carbocycles. The Bertz CT molecular complexity index is 1240. The lowest BCUT2D eigenvalue weighted by Crippen LogP contribution is -2.25. The van der Waals surface area contributed by atoms with E-state index in [1.165, 1.54) is 11.3 Å². The number of hydrogen-bond acceptors (Lipinski definition) is 7. The van der Waals surface area contributed by atoms with E-state index in [1.807, 2.05) is 0 Å². The standard InChI is InChI=1S/C18H11Cl2N5O3S/c19-11-5-4-10(7-12(11)20)14-9-29-17(22-14)23-15(26)8-25-16(24-28-18(25)27)13-3-1-2-6-21-13/h1-7,9H,8H2,(H,22,23,26). The van der Waals surface area contributed by atoms with E-state index in [2.05, 4.69) is 25.0 Å². The third-order valence-electron chi connectivity index (χ3n) is 3.85. The molecule has 0 bridgehead atoms. The van der Waals surface area contributed by atoms with Gasteiger partial charge >= 0.3 is 5.76 Å². The van der Waals surface area contributed by atoms with E-state index in [0.29, 0.717) is 26.6 Å². The Morgan fingerprint density at radius 3 is 2.79 bits per heavy atom. The van der Waals surface area contributed by atoms with E-state index in [0.717, 1.165) is 10.1 Å². The second-order valence-corrected chi connectivity index (χ2v) is 7.46. The van der Waals surface area contributed by atoms with Crippen molar-refractivity contribution in [1.29, 1.82) is 0 Å². The number of halogens is 2. The molecule has 8 nitrogen and oxygen atoms in total. The SMILES string of the molecule is O=C(Cn1c(-c2ccccn2)noc1=O)Nc1nc(-c2ccc(Cl)c(Cl)c2)cs1. The number of anilines is 1. The Hall–Kier alpha value is -3.01. The molecule has 4 aromatic rings. The van der Waals surface area contributed by atoms with Gasteiger partial charge in [-0.15, -0.1) is 11.3 Å². The monoisotopic (exact) mass is 447 g/mol. The number of rotatable bonds is 5. The van der Waals surface area contributed by atoms with Crippen LogP contribution < -0.4 is 11.1 Å². The minimum atomic E-state index is -0.753. The molecular weight excluding hydrogens is 437 g/mol. The predicted molar refractivity (Wildman–Crippen MR) is 110 cm³/mol. The van der Waals surface area contributed by atoms with Gasteiger partial charge in [-0.2, -0.15) is 0 Å². The van der Waals surface area contributed by atoms with E-state index < -0.39 is 11.7 Å². The topological polar surface area (TPSA) is 103 Å². The van der Waals surface area contributed by atoms with Gasteiger partial charge in [0.1, 0.15) is 12.2 Å². The van der Waals surface area contributed by atoms with Crippen LogP contribution in [0.25, 0.3) is 22.8 Å². The van der Waals surface area contributed by atoms with Crippen molar-refractivity contribution in [2.45, 2.75) is 6.54 Å². The predicted octanol–water partition coefficient (Wildman–Crippen LogP) is 3.97. The number of amides is 1. The van der Waals surface area contributed by atoms with Gasteiger partial charge in [-0.1, -0.05) is 40.5 Å². The molecule has 1 N–H and O–H groups in total. The van der Waals surface area contributed by atoms with Crippen molar-refractivity contribution in [3.8, 4) is 22.8 Å². The minimum Gasteiger partial charge on any atom is -0.300 e. The number of thiazole rings is 1. The van der Waals surface area contributed by atoms with E-state index in [4.69, 9.17) is 23.2 Å². The normalized spacial score (nSPS) is 10.8. The van der Waals surface area contributed by atoms with Crippen molar-refractivity contribution in [2.75, 3.05) is 5.32 Å². The van der Waals surface area contributed by atoms with Crippen molar-refractivity contribution < 1.29 is 9.32 Å². The van der Waals surface area contributed by atoms with Crippen LogP contribution in [-0.4, -0.2) is 25.6 Å². The second kappa shape index (κ2) is 8.16. The van der Waals surface area contributed by atoms with E-state index >= 15 is 0 Å². The number of aromatic nitrogens is 4. The zero-order chi connectivity index (χ0) is 20.4. The van der Waals surface area contributed by atoms with Crippen LogP contribution in [0.1, 0.15) is 0 Å². The van der Waals surface area contributed by atoms with Crippen molar-refractivity contribution in [1.82, 2.24) is 19.7 Å². The van der Waals surface area contributed by atoms with Gasteiger partial charge in [0.25, 0.3) is 0 Å². The Labute approximate surface area is 177 Å². The molecule has 0 aliphatic heterocycles. The van der Waals surface area contributed by atoms with Gasteiger partial charge in [0.2, 0.25) is 11.7 Å². The molecule has 1 amide bonds. The Kier molecular flexibility index (Phi) is 5.43. The maximum Gasteiger partial charge on any atom is 0.442 e. The lowest BCUT2D eigenvalue weighted by atomic mass is 10.2. The third-order valence-corrected chi connectivity index (χ3v) is 5.34. The highest BCUT2D eigenvalue weighted by Gasteiger charge is 2.17. The highest BCUT2D eigenvalue weighted by Crippen LogP contribution is 2.30. The lowest BCUT2D eigenvalue weighted by Gasteiger charge is -2.04. The highest BCUT2D eigenvalue weighted by atomic mass is 35.5. The van der Waals surface area contributed by atoms with Crippen LogP contribution in [0, 0.1) is 0 Å². The molecule has 0 atom stereocenters. The van der Waals surface area contributed by atoms with Gasteiger partial charge in [-0.3, -0.25) is 14.3 Å². The lowest BCUT2D eigenvalue weighted by molar-refractivity contribution is -0.116. The average Bonchev–Trinajstić information content (AvgIpc) is 3.32. The van der Waals surface area contributed by atoms with Crippen LogP contribution in [0.15, 0.2) is 57.3 Å². The summed E-state index contributed by atoms with van der Waals surface area (Å²) in [5.74, 6) is -1.04. The fourth-order valence-electron chi connectivity index (χ4n) is 2.51. The van der Waals surface area contributed by atoms with Gasteiger partial charge in [0, 0.05) is 17.1 Å². The Morgan fingerprint density at radius 1 is 1.17 bits per heavy atom. The van der Waals surface area contributed by atoms with Crippen LogP contribution in [-0.2, 0) is 11.3 Å². The van der Waals surface area contributed by atoms with Crippen LogP contribution in [0.5, 0.6) is 0 Å². The smallest absolute Gasteiger partial charge is 0.300 e. The van der Waals surface area contributed by atoms with Gasteiger partial charge < -0.3 is 5.32 Å². The number of hydrogen-bond donors (Lipinski definition) is 1. The van der Waals surface area contributed by atoms with E-state index in [-0.39, 0.29) is 12.4 Å². The average molecular weight is 448 g/mol. The summed E-state index contributed by atoms with van der Waals surface area (Å²) in [4.78, 5) is 32.9. The molecule has 1 aromatic carbocycles. The summed E-state index contributed by atoms with van der Waals surface area (Å²) in [5.41, 5.74) is 1.83. The fraction of sp³-hybridized carbons (Fsp3) is 0.0556. The zero-order valence-corrected chi connectivity index (χ0v) is 16.8. The summed E-state index contributed by atoms with van der Waals surface area (Å²) < 4.78 is 5.79. The first kappa shape index (κ1) is 19.3. The molecule has 29 heavy (non-hydrogen) atoms. The van der Waals surface area contributed by atoms with Crippen LogP contribution in [0.4, 0.5) is 5.13 Å². The third kappa shape index (κ3) is 4.21. The maximum atomic E-state index is 12.4. The summed E-state index contributed by atoms with van der Waals surface area (Å²) in [6, 6.07) is 10.3. The molecule has 0 aliphatic rings. The van der Waals surface area contributed by atoms with Crippen LogP contribution in [0.3, 0.4) is 0 Å². The Balaban J connectivity index is 1.50. The number of nitrogens with one attached hydrogen (secondary N) is 1. The second-order valence-electron chi connectivity index (χ2n) is 5.79. The highest BCUT2D eigenvalue weighted by molar-refractivity contribution is 7.14. The van der Waals surface area contributed by atoms with E-state index in [1.54, 1.807) is 48.0 Å². The van der Waals surface area contributed by atoms with E-state index in [9.17, 15) is 9.59 Å². The van der Waals surface area contributed by atoms with Crippen LogP contribution in [0.2, 0.25) is 10.0 Å². The molecule has 11 heteroatoms. The molecular formula is C18H11Cl2N5O3S. The molecule has 0 radical (unpaired) electrons. The summed E-state index contributed by atoms with van der Waals surface area (Å²) in [5, 5.41) is 9.38. The fourth-order valence-corrected chi connectivity index (χ4v) is 3.54. The van der Waals surface area contributed by atoms with Crippen molar-refractivity contribution in [3.05, 3.63) is 68.6 Å². The summed E-state index contributed by atoms with van der Waals surface area (Å²) in [6.45, 7) is -0.296. The molecule has 0 spiro atoms. The summed E-state index contributed by atoms with van der Waals surface area (Å²) in [7, 11) is 0. The first-order valence-corrected chi connectivity index (χ1v) is 9.83. The number of carbonyl (C=O) groups excluding carboxylic acids is 1. The molecule has 0 saturated heterocycles. The summed E-state index contributed by atoms with van der Waals surface area (Å²) in [6.07, 6.45) is 1.55. The van der Waals surface area contributed by atoms with Gasteiger partial charge in [0.05, 0.1) is 15.7 Å². The number of nitrogens with zero attached hydrogens (tertiary/aromatic N) is 4. The molecule has 3 aromatic heterocycles. The van der Waals surface area contributed by atoms with Gasteiger partial charge in [0.15, 0.2) is 5.13 Å². The molecule has 146 valence electrons. The molecule has 4 rings (SSSR count). The number of carbonyl (C=O) groups is 1. The molecule has 0 aliphatic carbocycles. The Morgan fingerprint density at radius 2 is 2.03 bits per heavy atom. The van der Waals surface area contributed by atoms with Crippen molar-refractivity contribution in [2.24, 2.45) is 0 Å². The number of pyridine rings is 1. The first-order chi connectivity index (χ1) is 14.0.